The van der Waals surface area contributed by atoms with E-state index in [1.807, 2.05) is 19.1 Å². The van der Waals surface area contributed by atoms with Crippen molar-refractivity contribution in [2.75, 3.05) is 11.9 Å². The second-order valence-corrected chi connectivity index (χ2v) is 5.88. The number of urea groups is 1. The molecule has 0 aliphatic heterocycles. The van der Waals surface area contributed by atoms with Gasteiger partial charge in [-0.2, -0.15) is 0 Å². The molecule has 0 radical (unpaired) electrons. The third-order valence-electron chi connectivity index (χ3n) is 3.80. The summed E-state index contributed by atoms with van der Waals surface area (Å²) in [5, 5.41) is 15.7. The number of carbonyl (C=O) groups excluding carboxylic acids is 1. The minimum absolute atomic E-state index is 0.158. The van der Waals surface area contributed by atoms with E-state index in [-0.39, 0.29) is 12.1 Å². The van der Waals surface area contributed by atoms with Gasteiger partial charge in [-0.3, -0.25) is 0 Å². The second-order valence-electron chi connectivity index (χ2n) is 5.47. The lowest BCUT2D eigenvalue weighted by Gasteiger charge is -2.25. The number of benzene rings is 1. The Labute approximate surface area is 124 Å². The summed E-state index contributed by atoms with van der Waals surface area (Å²) in [6.07, 6.45) is 3.45. The predicted molar refractivity (Wildman–Crippen MR) is 81.2 cm³/mol. The van der Waals surface area contributed by atoms with Crippen LogP contribution in [-0.2, 0) is 0 Å². The molecule has 4 nitrogen and oxygen atoms in total. The molecule has 110 valence electrons. The van der Waals surface area contributed by atoms with Gasteiger partial charge in [-0.15, -0.1) is 0 Å². The van der Waals surface area contributed by atoms with Crippen LogP contribution in [0, 0.1) is 12.8 Å². The van der Waals surface area contributed by atoms with Crippen molar-refractivity contribution >= 4 is 23.3 Å². The standard InChI is InChI=1S/C15H21ClN2O2/c1-10-2-5-12(8-14(10)16)18-15(20)17-9-11-3-6-13(19)7-4-11/h2,5,8,11,13,19H,3-4,6-7,9H2,1H3,(H2,17,18,20). The van der Waals surface area contributed by atoms with Crippen molar-refractivity contribution in [1.82, 2.24) is 5.32 Å². The molecule has 1 aliphatic carbocycles. The van der Waals surface area contributed by atoms with Crippen molar-refractivity contribution in [3.63, 3.8) is 0 Å². The van der Waals surface area contributed by atoms with E-state index in [0.29, 0.717) is 23.2 Å². The maximum absolute atomic E-state index is 11.8. The van der Waals surface area contributed by atoms with Crippen molar-refractivity contribution in [2.45, 2.75) is 38.7 Å². The van der Waals surface area contributed by atoms with Gasteiger partial charge in [-0.05, 0) is 56.2 Å². The summed E-state index contributed by atoms with van der Waals surface area (Å²) in [5.41, 5.74) is 1.68. The van der Waals surface area contributed by atoms with Crippen molar-refractivity contribution in [1.29, 1.82) is 0 Å². The summed E-state index contributed by atoms with van der Waals surface area (Å²) in [7, 11) is 0. The van der Waals surface area contributed by atoms with E-state index in [0.717, 1.165) is 31.2 Å². The molecule has 3 N–H and O–H groups in total. The normalized spacial score (nSPS) is 22.4. The average Bonchev–Trinajstić information content (AvgIpc) is 2.42. The molecule has 1 fully saturated rings. The fraction of sp³-hybridized carbons (Fsp3) is 0.533. The fourth-order valence-corrected chi connectivity index (χ4v) is 2.61. The van der Waals surface area contributed by atoms with Gasteiger partial charge in [0.2, 0.25) is 0 Å². The van der Waals surface area contributed by atoms with E-state index in [1.54, 1.807) is 6.07 Å². The van der Waals surface area contributed by atoms with Gasteiger partial charge >= 0.3 is 6.03 Å². The molecule has 5 heteroatoms. The molecule has 0 spiro atoms. The molecule has 1 aliphatic rings. The molecule has 20 heavy (non-hydrogen) atoms. The number of aryl methyl sites for hydroxylation is 1. The van der Waals surface area contributed by atoms with Gasteiger partial charge < -0.3 is 15.7 Å². The molecule has 0 saturated heterocycles. The highest BCUT2D eigenvalue weighted by molar-refractivity contribution is 6.31. The molecule has 2 rings (SSSR count). The highest BCUT2D eigenvalue weighted by atomic mass is 35.5. The van der Waals surface area contributed by atoms with E-state index in [2.05, 4.69) is 10.6 Å². The number of halogens is 1. The van der Waals surface area contributed by atoms with Gasteiger partial charge in [0.05, 0.1) is 6.10 Å². The monoisotopic (exact) mass is 296 g/mol. The van der Waals surface area contributed by atoms with E-state index >= 15 is 0 Å². The Morgan fingerprint density at radius 1 is 1.35 bits per heavy atom. The zero-order chi connectivity index (χ0) is 14.5. The Balaban J connectivity index is 1.76. The van der Waals surface area contributed by atoms with Crippen LogP contribution in [0.3, 0.4) is 0 Å². The number of aliphatic hydroxyl groups excluding tert-OH is 1. The van der Waals surface area contributed by atoms with E-state index < -0.39 is 0 Å². The summed E-state index contributed by atoms with van der Waals surface area (Å²) < 4.78 is 0. The summed E-state index contributed by atoms with van der Waals surface area (Å²) >= 11 is 6.01. The number of nitrogens with one attached hydrogen (secondary N) is 2. The SMILES string of the molecule is Cc1ccc(NC(=O)NCC2CCC(O)CC2)cc1Cl. The maximum atomic E-state index is 11.8. The first-order valence-corrected chi connectivity index (χ1v) is 7.41. The lowest BCUT2D eigenvalue weighted by Crippen LogP contribution is -2.34. The molecule has 1 saturated carbocycles. The Morgan fingerprint density at radius 2 is 2.05 bits per heavy atom. The highest BCUT2D eigenvalue weighted by Gasteiger charge is 2.19. The molecule has 1 aromatic rings. The Kier molecular flexibility index (Phi) is 5.26. The quantitative estimate of drug-likeness (QED) is 0.801. The first-order valence-electron chi connectivity index (χ1n) is 7.03. The zero-order valence-electron chi connectivity index (χ0n) is 11.7. The van der Waals surface area contributed by atoms with Crippen molar-refractivity contribution in [3.8, 4) is 0 Å². The van der Waals surface area contributed by atoms with Crippen molar-refractivity contribution < 1.29 is 9.90 Å². The molecule has 0 unspecified atom stereocenters. The number of rotatable bonds is 3. The third kappa shape index (κ3) is 4.39. The highest BCUT2D eigenvalue weighted by Crippen LogP contribution is 2.23. The lowest BCUT2D eigenvalue weighted by molar-refractivity contribution is 0.109. The number of amides is 2. The van der Waals surface area contributed by atoms with E-state index in [1.165, 1.54) is 0 Å². The van der Waals surface area contributed by atoms with Crippen LogP contribution in [-0.4, -0.2) is 23.8 Å². The molecule has 0 heterocycles. The first kappa shape index (κ1) is 15.1. The predicted octanol–water partition coefficient (Wildman–Crippen LogP) is 3.32. The summed E-state index contributed by atoms with van der Waals surface area (Å²) in [4.78, 5) is 11.8. The third-order valence-corrected chi connectivity index (χ3v) is 4.20. The topological polar surface area (TPSA) is 61.4 Å². The van der Waals surface area contributed by atoms with Crippen LogP contribution in [0.1, 0.15) is 31.2 Å². The van der Waals surface area contributed by atoms with Crippen molar-refractivity contribution in [2.24, 2.45) is 5.92 Å². The maximum Gasteiger partial charge on any atom is 0.319 e. The van der Waals surface area contributed by atoms with Crippen LogP contribution in [0.25, 0.3) is 0 Å². The van der Waals surface area contributed by atoms with Gasteiger partial charge in [0, 0.05) is 17.3 Å². The Bertz CT molecular complexity index is 471. The summed E-state index contributed by atoms with van der Waals surface area (Å²) in [6.45, 7) is 2.57. The van der Waals surface area contributed by atoms with Crippen LogP contribution >= 0.6 is 11.6 Å². The minimum Gasteiger partial charge on any atom is -0.393 e. The Morgan fingerprint density at radius 3 is 2.70 bits per heavy atom. The van der Waals surface area contributed by atoms with Crippen LogP contribution < -0.4 is 10.6 Å². The average molecular weight is 297 g/mol. The second kappa shape index (κ2) is 6.95. The summed E-state index contributed by atoms with van der Waals surface area (Å²) in [5.74, 6) is 0.464. The van der Waals surface area contributed by atoms with Crippen molar-refractivity contribution in [3.05, 3.63) is 28.8 Å². The number of carbonyl (C=O) groups is 1. The van der Waals surface area contributed by atoms with E-state index in [4.69, 9.17) is 11.6 Å². The molecular formula is C15H21ClN2O2. The van der Waals surface area contributed by atoms with Gasteiger partial charge in [-0.1, -0.05) is 17.7 Å². The van der Waals surface area contributed by atoms with Crippen LogP contribution in [0.2, 0.25) is 5.02 Å². The smallest absolute Gasteiger partial charge is 0.319 e. The molecule has 0 atom stereocenters. The van der Waals surface area contributed by atoms with Gasteiger partial charge in [0.25, 0.3) is 0 Å². The molecule has 1 aromatic carbocycles. The summed E-state index contributed by atoms with van der Waals surface area (Å²) in [6, 6.07) is 5.24. The Hall–Kier alpha value is -1.26. The van der Waals surface area contributed by atoms with Crippen LogP contribution in [0.5, 0.6) is 0 Å². The van der Waals surface area contributed by atoms with Gasteiger partial charge in [0.1, 0.15) is 0 Å². The zero-order valence-corrected chi connectivity index (χ0v) is 12.4. The van der Waals surface area contributed by atoms with Gasteiger partial charge in [-0.25, -0.2) is 4.79 Å². The number of aliphatic hydroxyl groups is 1. The van der Waals surface area contributed by atoms with Crippen LogP contribution in [0.4, 0.5) is 10.5 Å². The first-order chi connectivity index (χ1) is 9.54. The van der Waals surface area contributed by atoms with Crippen LogP contribution in [0.15, 0.2) is 18.2 Å². The number of anilines is 1. The molecular weight excluding hydrogens is 276 g/mol. The van der Waals surface area contributed by atoms with E-state index in [9.17, 15) is 9.90 Å². The molecule has 0 bridgehead atoms. The molecule has 0 aromatic heterocycles. The fourth-order valence-electron chi connectivity index (χ4n) is 2.43. The van der Waals surface area contributed by atoms with Gasteiger partial charge in [0.15, 0.2) is 0 Å². The molecule has 2 amide bonds. The minimum atomic E-state index is -0.212. The lowest BCUT2D eigenvalue weighted by atomic mass is 9.87. The number of hydrogen-bond acceptors (Lipinski definition) is 2. The largest absolute Gasteiger partial charge is 0.393 e. The number of hydrogen-bond donors (Lipinski definition) is 3.